The largest absolute Gasteiger partial charge is 0.497 e. The molecule has 0 radical (unpaired) electrons. The third kappa shape index (κ3) is 2.87. The van der Waals surface area contributed by atoms with Gasteiger partial charge in [0.15, 0.2) is 0 Å². The maximum Gasteiger partial charge on any atom is 0.246 e. The lowest BCUT2D eigenvalue weighted by Gasteiger charge is -2.22. The zero-order valence-corrected chi connectivity index (χ0v) is 15.1. The van der Waals surface area contributed by atoms with E-state index in [-0.39, 0.29) is 0 Å². The molecule has 6 nitrogen and oxygen atoms in total. The summed E-state index contributed by atoms with van der Waals surface area (Å²) in [6, 6.07) is 14.4. The zero-order valence-electron chi connectivity index (χ0n) is 15.1. The number of aromatic nitrogens is 2. The van der Waals surface area contributed by atoms with Crippen LogP contribution in [0.5, 0.6) is 11.5 Å². The van der Waals surface area contributed by atoms with Crippen molar-refractivity contribution in [2.45, 2.75) is 25.9 Å². The molecule has 1 atom stereocenters. The Morgan fingerprint density at radius 2 is 2.00 bits per heavy atom. The van der Waals surface area contributed by atoms with Gasteiger partial charge in [-0.2, -0.15) is 4.98 Å². The Morgan fingerprint density at radius 3 is 2.81 bits per heavy atom. The number of anilines is 1. The normalized spacial score (nSPS) is 15.8. The monoisotopic (exact) mass is 351 g/mol. The highest BCUT2D eigenvalue weighted by Crippen LogP contribution is 2.34. The Balaban J connectivity index is 1.60. The van der Waals surface area contributed by atoms with Crippen molar-refractivity contribution in [1.82, 2.24) is 10.1 Å². The number of hydrogen-bond acceptors (Lipinski definition) is 6. The van der Waals surface area contributed by atoms with Gasteiger partial charge in [0.25, 0.3) is 0 Å². The van der Waals surface area contributed by atoms with Crippen molar-refractivity contribution in [2.24, 2.45) is 0 Å². The van der Waals surface area contributed by atoms with E-state index in [9.17, 15) is 0 Å². The molecule has 0 amide bonds. The first-order valence-electron chi connectivity index (χ1n) is 8.59. The van der Waals surface area contributed by atoms with Crippen LogP contribution in [0.3, 0.4) is 0 Å². The van der Waals surface area contributed by atoms with Crippen molar-refractivity contribution < 1.29 is 14.0 Å². The fraction of sp³-hybridized carbons (Fsp3) is 0.300. The number of ether oxygens (including phenoxy) is 2. The van der Waals surface area contributed by atoms with Crippen LogP contribution in [0, 0.1) is 0 Å². The predicted molar refractivity (Wildman–Crippen MR) is 98.6 cm³/mol. The van der Waals surface area contributed by atoms with Crippen LogP contribution < -0.4 is 14.4 Å². The first-order chi connectivity index (χ1) is 12.7. The molecule has 1 aliphatic heterocycles. The minimum Gasteiger partial charge on any atom is -0.497 e. The first-order valence-corrected chi connectivity index (χ1v) is 8.59. The summed E-state index contributed by atoms with van der Waals surface area (Å²) in [5.74, 6) is 2.47. The molecule has 26 heavy (non-hydrogen) atoms. The number of methoxy groups -OCH3 is 2. The van der Waals surface area contributed by atoms with Crippen molar-refractivity contribution in [3.63, 3.8) is 0 Å². The molecular weight excluding hydrogens is 330 g/mol. The Labute approximate surface area is 152 Å². The highest BCUT2D eigenvalue weighted by atomic mass is 16.5. The van der Waals surface area contributed by atoms with E-state index in [0.29, 0.717) is 30.1 Å². The Morgan fingerprint density at radius 1 is 1.15 bits per heavy atom. The van der Waals surface area contributed by atoms with Crippen LogP contribution in [0.15, 0.2) is 47.0 Å². The van der Waals surface area contributed by atoms with Gasteiger partial charge in [-0.05, 0) is 37.1 Å². The lowest BCUT2D eigenvalue weighted by atomic mass is 10.1. The van der Waals surface area contributed by atoms with E-state index < -0.39 is 0 Å². The van der Waals surface area contributed by atoms with E-state index >= 15 is 0 Å². The molecule has 0 bridgehead atoms. The molecule has 0 unspecified atom stereocenters. The van der Waals surface area contributed by atoms with Gasteiger partial charge in [-0.1, -0.05) is 23.4 Å². The van der Waals surface area contributed by atoms with Crippen LogP contribution in [0.2, 0.25) is 0 Å². The van der Waals surface area contributed by atoms with E-state index in [0.717, 1.165) is 17.7 Å². The van der Waals surface area contributed by atoms with Crippen LogP contribution in [-0.2, 0) is 13.0 Å². The number of hydrogen-bond donors (Lipinski definition) is 0. The molecule has 1 aromatic heterocycles. The molecule has 2 heterocycles. The zero-order chi connectivity index (χ0) is 18.1. The molecule has 0 N–H and O–H groups in total. The summed E-state index contributed by atoms with van der Waals surface area (Å²) in [6.45, 7) is 2.80. The van der Waals surface area contributed by atoms with Crippen LogP contribution >= 0.6 is 0 Å². The summed E-state index contributed by atoms with van der Waals surface area (Å²) in [4.78, 5) is 6.88. The maximum atomic E-state index is 5.51. The molecule has 0 spiro atoms. The molecule has 0 saturated heterocycles. The number of rotatable bonds is 5. The summed E-state index contributed by atoms with van der Waals surface area (Å²) in [6.07, 6.45) is 1.03. The van der Waals surface area contributed by atoms with E-state index in [1.165, 1.54) is 11.3 Å². The quantitative estimate of drug-likeness (QED) is 0.698. The van der Waals surface area contributed by atoms with Crippen molar-refractivity contribution in [3.05, 3.63) is 53.9 Å². The third-order valence-corrected chi connectivity index (χ3v) is 4.77. The fourth-order valence-corrected chi connectivity index (χ4v) is 3.43. The summed E-state index contributed by atoms with van der Waals surface area (Å²) >= 11 is 0. The van der Waals surface area contributed by atoms with Gasteiger partial charge in [0.05, 0.1) is 26.3 Å². The Bertz CT molecular complexity index is 922. The van der Waals surface area contributed by atoms with Crippen molar-refractivity contribution in [1.29, 1.82) is 0 Å². The lowest BCUT2D eigenvalue weighted by molar-refractivity contribution is 0.373. The van der Waals surface area contributed by atoms with Gasteiger partial charge in [0.1, 0.15) is 11.5 Å². The fourth-order valence-electron chi connectivity index (χ4n) is 3.43. The SMILES string of the molecule is COc1ccc(-c2noc(CN3c4ccccc4C[C@H]3C)n2)c(OC)c1. The van der Waals surface area contributed by atoms with Crippen LogP contribution in [-0.4, -0.2) is 30.4 Å². The van der Waals surface area contributed by atoms with E-state index in [4.69, 9.17) is 14.0 Å². The van der Waals surface area contributed by atoms with E-state index in [2.05, 4.69) is 46.2 Å². The average Bonchev–Trinajstić information content (AvgIpc) is 3.26. The lowest BCUT2D eigenvalue weighted by Crippen LogP contribution is -2.28. The molecule has 0 aliphatic carbocycles. The summed E-state index contributed by atoms with van der Waals surface area (Å²) < 4.78 is 16.2. The van der Waals surface area contributed by atoms with E-state index in [1.54, 1.807) is 14.2 Å². The second-order valence-corrected chi connectivity index (χ2v) is 6.39. The third-order valence-electron chi connectivity index (χ3n) is 4.77. The van der Waals surface area contributed by atoms with Crippen molar-refractivity contribution in [2.75, 3.05) is 19.1 Å². The smallest absolute Gasteiger partial charge is 0.246 e. The summed E-state index contributed by atoms with van der Waals surface area (Å²) in [5, 5.41) is 4.14. The van der Waals surface area contributed by atoms with Crippen LogP contribution in [0.25, 0.3) is 11.4 Å². The summed E-state index contributed by atoms with van der Waals surface area (Å²) in [5.41, 5.74) is 3.37. The van der Waals surface area contributed by atoms with Gasteiger partial charge in [-0.15, -0.1) is 0 Å². The highest BCUT2D eigenvalue weighted by molar-refractivity contribution is 5.65. The number of nitrogens with zero attached hydrogens (tertiary/aromatic N) is 3. The number of benzene rings is 2. The highest BCUT2D eigenvalue weighted by Gasteiger charge is 2.27. The topological polar surface area (TPSA) is 60.6 Å². The molecule has 0 saturated carbocycles. The molecule has 0 fully saturated rings. The second-order valence-electron chi connectivity index (χ2n) is 6.39. The van der Waals surface area contributed by atoms with Crippen LogP contribution in [0.1, 0.15) is 18.4 Å². The Kier molecular flexibility index (Phi) is 4.24. The maximum absolute atomic E-state index is 5.51. The van der Waals surface area contributed by atoms with Crippen molar-refractivity contribution in [3.8, 4) is 22.9 Å². The standard InChI is InChI=1S/C20H21N3O3/c1-13-10-14-6-4-5-7-17(14)23(13)12-19-21-20(22-26-19)16-9-8-15(24-2)11-18(16)25-3/h4-9,11,13H,10,12H2,1-3H3/t13-/m1/s1. The molecule has 2 aromatic carbocycles. The molecule has 1 aliphatic rings. The molecule has 6 heteroatoms. The first kappa shape index (κ1) is 16.4. The van der Waals surface area contributed by atoms with Gasteiger partial charge >= 0.3 is 0 Å². The van der Waals surface area contributed by atoms with Crippen molar-refractivity contribution >= 4 is 5.69 Å². The number of fused-ring (bicyclic) bond motifs is 1. The van der Waals surface area contributed by atoms with Crippen LogP contribution in [0.4, 0.5) is 5.69 Å². The Hall–Kier alpha value is -3.02. The predicted octanol–water partition coefficient (Wildman–Crippen LogP) is 3.71. The van der Waals surface area contributed by atoms with Gasteiger partial charge in [-0.25, -0.2) is 0 Å². The molecule has 3 aromatic rings. The minimum atomic E-state index is 0.401. The van der Waals surface area contributed by atoms with Gasteiger partial charge in [0, 0.05) is 17.8 Å². The molecular formula is C20H21N3O3. The minimum absolute atomic E-state index is 0.401. The molecule has 4 rings (SSSR count). The number of para-hydroxylation sites is 1. The van der Waals surface area contributed by atoms with Gasteiger partial charge < -0.3 is 18.9 Å². The second kappa shape index (κ2) is 6.71. The van der Waals surface area contributed by atoms with E-state index in [1.807, 2.05) is 18.2 Å². The summed E-state index contributed by atoms with van der Waals surface area (Å²) in [7, 11) is 3.23. The molecule has 134 valence electrons. The average molecular weight is 351 g/mol. The van der Waals surface area contributed by atoms with Gasteiger partial charge in [-0.3, -0.25) is 0 Å². The van der Waals surface area contributed by atoms with Gasteiger partial charge in [0.2, 0.25) is 11.7 Å².